The number of allylic oxidation sites excluding steroid dienone is 4. The quantitative estimate of drug-likeness (QED) is 0.139. The van der Waals surface area contributed by atoms with Gasteiger partial charge in [0.15, 0.2) is 6.10 Å². The highest BCUT2D eigenvalue weighted by Crippen LogP contribution is 2.75. The van der Waals surface area contributed by atoms with Gasteiger partial charge >= 0.3 is 11.9 Å². The SMILES string of the molecule is C/C=C(/C)C(=O)O[C@H]1[C@H](OC(=O)/C(C)=C\C)[C@]2(C=O)[C@H](O)C[C@]3(C)C(=CC[C@@H]4[C@@]5(C)CC[C@H](O)C(C)(C)C5CC[C@]43C)[C@@H]2CC1(C)C. The third-order valence-corrected chi connectivity index (χ3v) is 15.1. The van der Waals surface area contributed by atoms with Crippen LogP contribution in [-0.4, -0.2) is 52.9 Å². The lowest BCUT2D eigenvalue weighted by molar-refractivity contribution is -0.248. The Kier molecular flexibility index (Phi) is 8.95. The Morgan fingerprint density at radius 2 is 1.38 bits per heavy atom. The van der Waals surface area contributed by atoms with Crippen LogP contribution in [0.2, 0.25) is 0 Å². The van der Waals surface area contributed by atoms with Crippen molar-refractivity contribution < 1.29 is 34.1 Å². The van der Waals surface area contributed by atoms with Gasteiger partial charge in [-0.15, -0.1) is 0 Å². The molecule has 0 amide bonds. The highest BCUT2D eigenvalue weighted by molar-refractivity contribution is 5.89. The van der Waals surface area contributed by atoms with Crippen LogP contribution in [0.25, 0.3) is 0 Å². The van der Waals surface area contributed by atoms with Crippen LogP contribution in [0.15, 0.2) is 34.9 Å². The Morgan fingerprint density at radius 1 is 0.809 bits per heavy atom. The van der Waals surface area contributed by atoms with Crippen molar-refractivity contribution >= 4 is 18.2 Å². The van der Waals surface area contributed by atoms with Crippen LogP contribution >= 0.6 is 0 Å². The Hall–Kier alpha value is -2.25. The molecule has 5 rings (SSSR count). The van der Waals surface area contributed by atoms with E-state index in [0.29, 0.717) is 35.8 Å². The number of hydrogen-bond donors (Lipinski definition) is 2. The summed E-state index contributed by atoms with van der Waals surface area (Å²) in [5, 5.41) is 23.5. The minimum absolute atomic E-state index is 0.0305. The third-order valence-electron chi connectivity index (χ3n) is 15.1. The Bertz CT molecular complexity index is 1400. The molecule has 4 fully saturated rings. The summed E-state index contributed by atoms with van der Waals surface area (Å²) in [6.45, 7) is 22.5. The fourth-order valence-corrected chi connectivity index (χ4v) is 11.7. The molecular formula is C40H60O7. The van der Waals surface area contributed by atoms with Crippen LogP contribution in [0.4, 0.5) is 0 Å². The minimum atomic E-state index is -1.49. The van der Waals surface area contributed by atoms with Gasteiger partial charge in [-0.05, 0) is 112 Å². The maximum absolute atomic E-state index is 13.7. The van der Waals surface area contributed by atoms with Crippen molar-refractivity contribution in [1.82, 2.24) is 0 Å². The number of aldehydes is 1. The first kappa shape index (κ1) is 36.0. The lowest BCUT2D eigenvalue weighted by atomic mass is 9.33. The van der Waals surface area contributed by atoms with Crippen molar-refractivity contribution in [1.29, 1.82) is 0 Å². The van der Waals surface area contributed by atoms with E-state index in [1.54, 1.807) is 39.8 Å². The fraction of sp³-hybridized carbons (Fsp3) is 0.775. The molecule has 0 aromatic carbocycles. The summed E-state index contributed by atoms with van der Waals surface area (Å²) in [5.74, 6) is -0.774. The molecule has 0 saturated heterocycles. The van der Waals surface area contributed by atoms with Gasteiger partial charge in [0.25, 0.3) is 0 Å². The molecule has 262 valence electrons. The van der Waals surface area contributed by atoms with Crippen LogP contribution in [0.3, 0.4) is 0 Å². The number of carbonyl (C=O) groups is 3. The second kappa shape index (κ2) is 11.7. The van der Waals surface area contributed by atoms with Gasteiger partial charge < -0.3 is 24.5 Å². The number of ether oxygens (including phenoxy) is 2. The maximum atomic E-state index is 13.7. The van der Waals surface area contributed by atoms with Gasteiger partial charge in [0.05, 0.1) is 17.6 Å². The lowest BCUT2D eigenvalue weighted by Crippen LogP contribution is -2.72. The Morgan fingerprint density at radius 3 is 1.94 bits per heavy atom. The average molecular weight is 653 g/mol. The molecule has 7 heteroatoms. The van der Waals surface area contributed by atoms with Gasteiger partial charge in [-0.3, -0.25) is 0 Å². The largest absolute Gasteiger partial charge is 0.454 e. The van der Waals surface area contributed by atoms with E-state index in [9.17, 15) is 24.6 Å². The third kappa shape index (κ3) is 4.90. The van der Waals surface area contributed by atoms with E-state index >= 15 is 0 Å². The molecule has 5 aliphatic rings. The number of hydrogen-bond acceptors (Lipinski definition) is 7. The monoisotopic (exact) mass is 652 g/mol. The molecular weight excluding hydrogens is 592 g/mol. The first-order chi connectivity index (χ1) is 21.7. The molecule has 5 aliphatic carbocycles. The molecule has 1 unspecified atom stereocenters. The summed E-state index contributed by atoms with van der Waals surface area (Å²) < 4.78 is 12.4. The minimum Gasteiger partial charge on any atom is -0.454 e. The van der Waals surface area contributed by atoms with Crippen molar-refractivity contribution in [3.8, 4) is 0 Å². The molecule has 0 heterocycles. The molecule has 0 aromatic heterocycles. The van der Waals surface area contributed by atoms with E-state index in [1.165, 1.54) is 5.57 Å². The molecule has 0 radical (unpaired) electrons. The van der Waals surface area contributed by atoms with Gasteiger partial charge in [-0.25, -0.2) is 9.59 Å². The number of aliphatic hydroxyl groups is 2. The highest BCUT2D eigenvalue weighted by atomic mass is 16.6. The number of rotatable bonds is 5. The number of esters is 2. The molecule has 0 spiro atoms. The number of carbonyl (C=O) groups excluding carboxylic acids is 3. The first-order valence-corrected chi connectivity index (χ1v) is 17.9. The van der Waals surface area contributed by atoms with Crippen molar-refractivity contribution in [3.63, 3.8) is 0 Å². The van der Waals surface area contributed by atoms with Crippen molar-refractivity contribution in [3.05, 3.63) is 34.9 Å². The van der Waals surface area contributed by atoms with E-state index in [0.717, 1.165) is 38.4 Å². The molecule has 7 nitrogen and oxygen atoms in total. The van der Waals surface area contributed by atoms with E-state index in [4.69, 9.17) is 9.47 Å². The van der Waals surface area contributed by atoms with Crippen LogP contribution in [0.1, 0.15) is 121 Å². The van der Waals surface area contributed by atoms with E-state index < -0.39 is 52.4 Å². The van der Waals surface area contributed by atoms with Crippen molar-refractivity contribution in [2.75, 3.05) is 0 Å². The predicted molar refractivity (Wildman–Crippen MR) is 182 cm³/mol. The smallest absolute Gasteiger partial charge is 0.333 e. The summed E-state index contributed by atoms with van der Waals surface area (Å²) in [7, 11) is 0. The van der Waals surface area contributed by atoms with Crippen LogP contribution in [0, 0.1) is 50.2 Å². The Labute approximate surface area is 282 Å². The zero-order chi connectivity index (χ0) is 35.1. The first-order valence-electron chi connectivity index (χ1n) is 17.9. The van der Waals surface area contributed by atoms with Gasteiger partial charge in [0.1, 0.15) is 12.4 Å². The standard InChI is InChI=1S/C40H60O7/c1-12-23(3)33(44)46-31-32(47-34(45)24(4)13-2)40(22-41)26(20-35(31,5)6)25-14-15-28-37(9)18-17-29(42)36(7,8)27(37)16-19-38(28,10)39(25,11)21-30(40)43/h12-14,22,26-32,42-43H,15-21H2,1-11H3/b23-12-,24-13-/t26-,27?,28+,29-,30+,31-,32-,37-,38+,39+,40-/m0/s1. The van der Waals surface area contributed by atoms with Crippen molar-refractivity contribution in [2.24, 2.45) is 50.2 Å². The number of aliphatic hydroxyl groups excluding tert-OH is 2. The Balaban J connectivity index is 1.66. The predicted octanol–water partition coefficient (Wildman–Crippen LogP) is 7.29. The topological polar surface area (TPSA) is 110 Å². The summed E-state index contributed by atoms with van der Waals surface area (Å²) in [6.07, 6.45) is 8.42. The summed E-state index contributed by atoms with van der Waals surface area (Å²) in [5.41, 5.74) is -0.887. The fourth-order valence-electron chi connectivity index (χ4n) is 11.7. The van der Waals surface area contributed by atoms with Gasteiger partial charge in [0.2, 0.25) is 0 Å². The van der Waals surface area contributed by atoms with E-state index in [2.05, 4.69) is 40.7 Å². The molecule has 4 saturated carbocycles. The summed E-state index contributed by atoms with van der Waals surface area (Å²) in [6, 6.07) is 0. The highest BCUT2D eigenvalue weighted by Gasteiger charge is 2.73. The molecule has 2 N–H and O–H groups in total. The molecule has 11 atom stereocenters. The lowest BCUT2D eigenvalue weighted by Gasteiger charge is -2.72. The normalized spacial score (nSPS) is 45.6. The number of fused-ring (bicyclic) bond motifs is 7. The summed E-state index contributed by atoms with van der Waals surface area (Å²) >= 11 is 0. The van der Waals surface area contributed by atoms with Crippen molar-refractivity contribution in [2.45, 2.75) is 146 Å². The van der Waals surface area contributed by atoms with E-state index in [-0.39, 0.29) is 22.3 Å². The zero-order valence-electron chi connectivity index (χ0n) is 30.7. The second-order valence-electron chi connectivity index (χ2n) is 17.8. The van der Waals surface area contributed by atoms with E-state index in [1.807, 2.05) is 13.8 Å². The summed E-state index contributed by atoms with van der Waals surface area (Å²) in [4.78, 5) is 40.4. The average Bonchev–Trinajstić information content (AvgIpc) is 3.00. The molecule has 0 bridgehead atoms. The molecule has 0 aromatic rings. The van der Waals surface area contributed by atoms with Gasteiger partial charge in [-0.2, -0.15) is 0 Å². The second-order valence-corrected chi connectivity index (χ2v) is 17.8. The zero-order valence-corrected chi connectivity index (χ0v) is 30.7. The van der Waals surface area contributed by atoms with Crippen LogP contribution in [0.5, 0.6) is 0 Å². The molecule has 47 heavy (non-hydrogen) atoms. The van der Waals surface area contributed by atoms with Gasteiger partial charge in [-0.1, -0.05) is 72.3 Å². The van der Waals surface area contributed by atoms with Crippen LogP contribution < -0.4 is 0 Å². The maximum Gasteiger partial charge on any atom is 0.333 e. The molecule has 0 aliphatic heterocycles. The van der Waals surface area contributed by atoms with Gasteiger partial charge in [0, 0.05) is 16.6 Å². The van der Waals surface area contributed by atoms with Crippen LogP contribution in [-0.2, 0) is 23.9 Å².